The lowest BCUT2D eigenvalue weighted by atomic mass is 10.2. The first-order chi connectivity index (χ1) is 12.3. The summed E-state index contributed by atoms with van der Waals surface area (Å²) in [5.41, 5.74) is 1.15. The predicted molar refractivity (Wildman–Crippen MR) is 100 cm³/mol. The summed E-state index contributed by atoms with van der Waals surface area (Å²) < 4.78 is 10.8. The Morgan fingerprint density at radius 1 is 1.08 bits per heavy atom. The van der Waals surface area contributed by atoms with Crippen LogP contribution in [0.4, 0.5) is 0 Å². The van der Waals surface area contributed by atoms with Crippen molar-refractivity contribution in [3.05, 3.63) is 23.8 Å². The van der Waals surface area contributed by atoms with E-state index in [1.165, 1.54) is 45.3 Å². The van der Waals surface area contributed by atoms with Crippen molar-refractivity contribution >= 4 is 5.96 Å². The van der Waals surface area contributed by atoms with E-state index in [9.17, 15) is 0 Å². The molecule has 0 bridgehead atoms. The molecule has 2 heterocycles. The number of likely N-dealkylation sites (tertiary alicyclic amines) is 1. The van der Waals surface area contributed by atoms with Gasteiger partial charge in [0.25, 0.3) is 0 Å². The molecule has 1 fully saturated rings. The monoisotopic (exact) mass is 346 g/mol. The predicted octanol–water partition coefficient (Wildman–Crippen LogP) is 2.35. The Hall–Kier alpha value is -1.95. The van der Waals surface area contributed by atoms with Crippen LogP contribution >= 0.6 is 0 Å². The average Bonchev–Trinajstić information content (AvgIpc) is 2.95. The number of rotatable bonds is 6. The first-order valence-electron chi connectivity index (χ1n) is 9.40. The Balaban J connectivity index is 1.35. The Kier molecular flexibility index (Phi) is 6.79. The molecule has 0 radical (unpaired) electrons. The molecule has 6 nitrogen and oxygen atoms in total. The number of hydrogen-bond donors (Lipinski definition) is 2. The fourth-order valence-corrected chi connectivity index (χ4v) is 3.33. The third-order valence-corrected chi connectivity index (χ3v) is 4.76. The van der Waals surface area contributed by atoms with Crippen LogP contribution in [0.1, 0.15) is 37.7 Å². The second-order valence-corrected chi connectivity index (χ2v) is 6.65. The maximum Gasteiger partial charge on any atom is 0.231 e. The number of nitrogens with one attached hydrogen (secondary N) is 2. The molecular weight excluding hydrogens is 316 g/mol. The number of nitrogens with zero attached hydrogens (tertiary/aromatic N) is 2. The van der Waals surface area contributed by atoms with E-state index in [2.05, 4.69) is 20.5 Å². The SMILES string of the molecule is CN=C(NCCCN1CCCCCC1)NCc1ccc2c(c1)OCO2. The van der Waals surface area contributed by atoms with Gasteiger partial charge in [0.05, 0.1) is 0 Å². The lowest BCUT2D eigenvalue weighted by molar-refractivity contribution is 0.174. The van der Waals surface area contributed by atoms with Crippen LogP contribution in [-0.4, -0.2) is 50.9 Å². The summed E-state index contributed by atoms with van der Waals surface area (Å²) >= 11 is 0. The summed E-state index contributed by atoms with van der Waals surface area (Å²) in [5, 5.41) is 6.76. The minimum Gasteiger partial charge on any atom is -0.454 e. The van der Waals surface area contributed by atoms with E-state index >= 15 is 0 Å². The van der Waals surface area contributed by atoms with E-state index < -0.39 is 0 Å². The molecule has 6 heteroatoms. The van der Waals surface area contributed by atoms with Gasteiger partial charge in [-0.2, -0.15) is 0 Å². The lowest BCUT2D eigenvalue weighted by Gasteiger charge is -2.20. The Morgan fingerprint density at radius 3 is 2.68 bits per heavy atom. The quantitative estimate of drug-likeness (QED) is 0.470. The number of hydrogen-bond acceptors (Lipinski definition) is 4. The smallest absolute Gasteiger partial charge is 0.231 e. The average molecular weight is 346 g/mol. The van der Waals surface area contributed by atoms with Crippen molar-refractivity contribution < 1.29 is 9.47 Å². The van der Waals surface area contributed by atoms with Crippen LogP contribution in [0.25, 0.3) is 0 Å². The van der Waals surface area contributed by atoms with Crippen LogP contribution in [0.2, 0.25) is 0 Å². The van der Waals surface area contributed by atoms with Gasteiger partial charge in [-0.15, -0.1) is 0 Å². The molecule has 138 valence electrons. The van der Waals surface area contributed by atoms with Crippen molar-refractivity contribution in [1.82, 2.24) is 15.5 Å². The summed E-state index contributed by atoms with van der Waals surface area (Å²) in [6.07, 6.45) is 6.64. The third-order valence-electron chi connectivity index (χ3n) is 4.76. The van der Waals surface area contributed by atoms with Crippen LogP contribution in [-0.2, 0) is 6.54 Å². The second-order valence-electron chi connectivity index (χ2n) is 6.65. The van der Waals surface area contributed by atoms with Gasteiger partial charge in [-0.1, -0.05) is 18.9 Å². The minimum atomic E-state index is 0.312. The Labute approximate surface area is 150 Å². The van der Waals surface area contributed by atoms with Gasteiger partial charge < -0.3 is 25.0 Å². The molecule has 0 spiro atoms. The van der Waals surface area contributed by atoms with E-state index in [1.54, 1.807) is 0 Å². The molecule has 0 aliphatic carbocycles. The maximum absolute atomic E-state index is 5.42. The molecule has 2 aliphatic rings. The normalized spacial score (nSPS) is 18.0. The standard InChI is InChI=1S/C19H30N4O2/c1-20-19(21-9-6-12-23-10-4-2-3-5-11-23)22-14-16-7-8-17-18(13-16)25-15-24-17/h7-8,13H,2-6,9-12,14-15H2,1H3,(H2,20,21,22). The number of ether oxygens (including phenoxy) is 2. The van der Waals surface area contributed by atoms with Gasteiger partial charge in [-0.25, -0.2) is 0 Å². The molecule has 0 unspecified atom stereocenters. The van der Waals surface area contributed by atoms with Gasteiger partial charge in [0.1, 0.15) is 0 Å². The fourth-order valence-electron chi connectivity index (χ4n) is 3.33. The lowest BCUT2D eigenvalue weighted by Crippen LogP contribution is -2.38. The summed E-state index contributed by atoms with van der Waals surface area (Å²) in [6.45, 7) is 5.66. The Morgan fingerprint density at radius 2 is 1.88 bits per heavy atom. The molecule has 0 atom stereocenters. The molecule has 1 aromatic carbocycles. The van der Waals surface area contributed by atoms with Gasteiger partial charge in [0.2, 0.25) is 6.79 Å². The van der Waals surface area contributed by atoms with Gasteiger partial charge in [0, 0.05) is 20.1 Å². The molecule has 0 amide bonds. The van der Waals surface area contributed by atoms with Crippen LogP contribution in [0, 0.1) is 0 Å². The van der Waals surface area contributed by atoms with Gasteiger partial charge in [0.15, 0.2) is 17.5 Å². The van der Waals surface area contributed by atoms with Crippen molar-refractivity contribution in [3.63, 3.8) is 0 Å². The van der Waals surface area contributed by atoms with Crippen molar-refractivity contribution in [3.8, 4) is 11.5 Å². The zero-order valence-electron chi connectivity index (χ0n) is 15.2. The number of fused-ring (bicyclic) bond motifs is 1. The molecule has 1 aromatic rings. The molecule has 2 aliphatic heterocycles. The van der Waals surface area contributed by atoms with E-state index in [4.69, 9.17) is 9.47 Å². The Bertz CT molecular complexity index is 569. The van der Waals surface area contributed by atoms with Crippen LogP contribution in [0.15, 0.2) is 23.2 Å². The number of benzene rings is 1. The van der Waals surface area contributed by atoms with Crippen molar-refractivity contribution in [2.75, 3.05) is 40.0 Å². The molecule has 2 N–H and O–H groups in total. The number of aliphatic imine (C=N–C) groups is 1. The van der Waals surface area contributed by atoms with E-state index in [0.29, 0.717) is 13.3 Å². The van der Waals surface area contributed by atoms with Crippen molar-refractivity contribution in [1.29, 1.82) is 0 Å². The molecule has 0 aromatic heterocycles. The third kappa shape index (κ3) is 5.53. The first kappa shape index (κ1) is 17.9. The largest absolute Gasteiger partial charge is 0.454 e. The zero-order valence-corrected chi connectivity index (χ0v) is 15.2. The fraction of sp³-hybridized carbons (Fsp3) is 0.632. The molecule has 3 rings (SSSR count). The van der Waals surface area contributed by atoms with Crippen molar-refractivity contribution in [2.24, 2.45) is 4.99 Å². The van der Waals surface area contributed by atoms with Crippen LogP contribution < -0.4 is 20.1 Å². The summed E-state index contributed by atoms with van der Waals surface area (Å²) in [6, 6.07) is 6.02. The van der Waals surface area contributed by atoms with Crippen LogP contribution in [0.5, 0.6) is 11.5 Å². The summed E-state index contributed by atoms with van der Waals surface area (Å²) in [4.78, 5) is 6.89. The van der Waals surface area contributed by atoms with E-state index in [-0.39, 0.29) is 0 Å². The highest BCUT2D eigenvalue weighted by Gasteiger charge is 2.13. The summed E-state index contributed by atoms with van der Waals surface area (Å²) in [5.74, 6) is 2.48. The molecule has 1 saturated heterocycles. The zero-order chi connectivity index (χ0) is 17.3. The van der Waals surface area contributed by atoms with E-state index in [0.717, 1.165) is 36.0 Å². The highest BCUT2D eigenvalue weighted by Crippen LogP contribution is 2.32. The molecule has 25 heavy (non-hydrogen) atoms. The highest BCUT2D eigenvalue weighted by atomic mass is 16.7. The molecular formula is C19H30N4O2. The summed E-state index contributed by atoms with van der Waals surface area (Å²) in [7, 11) is 1.81. The minimum absolute atomic E-state index is 0.312. The maximum atomic E-state index is 5.42. The van der Waals surface area contributed by atoms with Crippen LogP contribution in [0.3, 0.4) is 0 Å². The molecule has 0 saturated carbocycles. The topological polar surface area (TPSA) is 58.1 Å². The highest BCUT2D eigenvalue weighted by molar-refractivity contribution is 5.79. The van der Waals surface area contributed by atoms with Crippen molar-refractivity contribution in [2.45, 2.75) is 38.6 Å². The van der Waals surface area contributed by atoms with E-state index in [1.807, 2.05) is 25.2 Å². The second kappa shape index (κ2) is 9.51. The first-order valence-corrected chi connectivity index (χ1v) is 9.40. The van der Waals surface area contributed by atoms with Gasteiger partial charge in [-0.05, 0) is 56.6 Å². The number of guanidine groups is 1. The van der Waals surface area contributed by atoms with Gasteiger partial charge >= 0.3 is 0 Å². The van der Waals surface area contributed by atoms with Gasteiger partial charge in [-0.3, -0.25) is 4.99 Å².